The SMILES string of the molecule is COc1cccc2c1C(=O)c1c(O)c3c(c(O)c1C2=O)CC(O)(C(=O)COC(=O)OCc1cnc([N+](=O)[O-])n1C)C[C@@H]3O[C@H]1CC(N2CCOCC2C#N)[C@H](O)[C@H](C)O1. The van der Waals surface area contributed by atoms with Crippen molar-refractivity contribution in [1.82, 2.24) is 14.5 Å². The zero-order chi connectivity index (χ0) is 42.5. The first kappa shape index (κ1) is 41.2. The van der Waals surface area contributed by atoms with Gasteiger partial charge in [-0.05, 0) is 17.9 Å². The van der Waals surface area contributed by atoms with Crippen LogP contribution in [0.25, 0.3) is 0 Å². The molecule has 312 valence electrons. The van der Waals surface area contributed by atoms with E-state index in [1.54, 1.807) is 11.8 Å². The Bertz CT molecular complexity index is 2290. The monoisotopic (exact) mass is 821 g/mol. The van der Waals surface area contributed by atoms with E-state index in [-0.39, 0.29) is 53.3 Å². The summed E-state index contributed by atoms with van der Waals surface area (Å²) in [6.45, 7) is 0.645. The van der Waals surface area contributed by atoms with Gasteiger partial charge in [0.1, 0.15) is 35.1 Å². The van der Waals surface area contributed by atoms with Crippen molar-refractivity contribution < 1.29 is 72.9 Å². The van der Waals surface area contributed by atoms with Crippen LogP contribution in [0.4, 0.5) is 10.7 Å². The van der Waals surface area contributed by atoms with Gasteiger partial charge in [-0.1, -0.05) is 17.1 Å². The van der Waals surface area contributed by atoms with Crippen LogP contribution >= 0.6 is 0 Å². The molecule has 1 aromatic heterocycles. The number of fused-ring (bicyclic) bond motifs is 3. The van der Waals surface area contributed by atoms with Crippen LogP contribution in [0, 0.1) is 21.4 Å². The van der Waals surface area contributed by atoms with Crippen LogP contribution in [0.1, 0.15) is 74.5 Å². The van der Waals surface area contributed by atoms with E-state index in [2.05, 4.69) is 11.1 Å². The number of phenolic OH excluding ortho intramolecular Hbond substituents is 2. The summed E-state index contributed by atoms with van der Waals surface area (Å²) in [5.74, 6) is -4.89. The Morgan fingerprint density at radius 2 is 1.90 bits per heavy atom. The lowest BCUT2D eigenvalue weighted by Gasteiger charge is -2.47. The third-order valence-electron chi connectivity index (χ3n) is 11.2. The highest BCUT2D eigenvalue weighted by molar-refractivity contribution is 6.31. The highest BCUT2D eigenvalue weighted by Crippen LogP contribution is 2.52. The standard InChI is InChI=1S/C38H39N5O16/c1-17-31(45)22(42-7-8-55-14-18(42)12-39)9-26(58-17)59-24-11-38(51,25(44)16-57-37(50)56-15-19-13-40-36(41(19)2)43(52)53)10-21-28(24)35(49)30-29(33(21)47)32(46)20-5-4-6-23(54-3)27(20)34(30)48/h4-6,13,17-18,22,24,26,31,45,47,49,51H,7-11,14-16H2,1-3H3/t17-,18?,22?,24-,26-,31+,38?/m0/s1. The number of aromatic nitrogens is 2. The number of carbonyl (C=O) groups is 4. The van der Waals surface area contributed by atoms with Crippen molar-refractivity contribution in [2.75, 3.05) is 33.5 Å². The molecule has 3 heterocycles. The number of Topliss-reactive ketones (excluding diaryl/α,β-unsaturated/α-hetero) is 1. The van der Waals surface area contributed by atoms with E-state index < -0.39 is 125 Å². The number of aliphatic hydroxyl groups excluding tert-OH is 1. The van der Waals surface area contributed by atoms with Crippen LogP contribution < -0.4 is 4.74 Å². The minimum atomic E-state index is -2.52. The smallest absolute Gasteiger partial charge is 0.507 e. The Labute approximate surface area is 334 Å². The third-order valence-corrected chi connectivity index (χ3v) is 11.2. The van der Waals surface area contributed by atoms with E-state index in [0.717, 1.165) is 10.8 Å². The normalized spacial score (nSPS) is 26.5. The number of benzene rings is 2. The number of ketones is 3. The number of nitriles is 1. The van der Waals surface area contributed by atoms with Gasteiger partial charge in [0.05, 0.1) is 68.4 Å². The summed E-state index contributed by atoms with van der Waals surface area (Å²) in [6, 6.07) is 5.00. The molecule has 0 amide bonds. The number of nitro groups is 1. The number of methoxy groups -OCH3 is 1. The van der Waals surface area contributed by atoms with E-state index in [9.17, 15) is 55.0 Å². The van der Waals surface area contributed by atoms with Gasteiger partial charge in [-0.15, -0.1) is 0 Å². The van der Waals surface area contributed by atoms with Crippen LogP contribution in [-0.2, 0) is 48.6 Å². The molecule has 2 fully saturated rings. The number of phenols is 2. The minimum absolute atomic E-state index is 0.0315. The molecular weight excluding hydrogens is 782 g/mol. The second kappa shape index (κ2) is 16.0. The number of rotatable bonds is 10. The summed E-state index contributed by atoms with van der Waals surface area (Å²) in [6.07, 6.45) is -6.50. The number of aliphatic hydroxyl groups is 2. The molecule has 59 heavy (non-hydrogen) atoms. The zero-order valence-electron chi connectivity index (χ0n) is 31.9. The van der Waals surface area contributed by atoms with Crippen molar-refractivity contribution in [2.45, 2.75) is 75.1 Å². The highest BCUT2D eigenvalue weighted by Gasteiger charge is 2.51. The summed E-state index contributed by atoms with van der Waals surface area (Å²) in [5, 5.41) is 67.9. The van der Waals surface area contributed by atoms with Gasteiger partial charge in [0.25, 0.3) is 0 Å². The largest absolute Gasteiger partial charge is 0.509 e. The number of hydrogen-bond acceptors (Lipinski definition) is 19. The molecule has 2 saturated heterocycles. The van der Waals surface area contributed by atoms with Gasteiger partial charge < -0.3 is 59.0 Å². The number of imidazole rings is 1. The molecule has 21 nitrogen and oxygen atoms in total. The van der Waals surface area contributed by atoms with Crippen LogP contribution in [0.2, 0.25) is 0 Å². The molecule has 7 atom stereocenters. The Morgan fingerprint density at radius 1 is 1.15 bits per heavy atom. The zero-order valence-corrected chi connectivity index (χ0v) is 31.9. The molecule has 2 aliphatic carbocycles. The van der Waals surface area contributed by atoms with Gasteiger partial charge in [-0.2, -0.15) is 5.26 Å². The lowest BCUT2D eigenvalue weighted by Crippen LogP contribution is -2.60. The van der Waals surface area contributed by atoms with Gasteiger partial charge in [0.15, 0.2) is 31.0 Å². The maximum atomic E-state index is 14.1. The Hall–Kier alpha value is -6.02. The van der Waals surface area contributed by atoms with Crippen molar-refractivity contribution in [1.29, 1.82) is 5.26 Å². The fourth-order valence-corrected chi connectivity index (χ4v) is 8.17. The van der Waals surface area contributed by atoms with Crippen molar-refractivity contribution in [3.05, 3.63) is 73.6 Å². The fraction of sp³-hybridized carbons (Fsp3) is 0.474. The average molecular weight is 822 g/mol. The molecule has 2 aliphatic heterocycles. The van der Waals surface area contributed by atoms with E-state index >= 15 is 0 Å². The number of morpholine rings is 1. The molecule has 2 aromatic carbocycles. The molecule has 4 N–H and O–H groups in total. The quantitative estimate of drug-likeness (QED) is 0.0758. The minimum Gasteiger partial charge on any atom is -0.507 e. The van der Waals surface area contributed by atoms with Crippen LogP contribution in [0.15, 0.2) is 24.4 Å². The fourth-order valence-electron chi connectivity index (χ4n) is 8.17. The highest BCUT2D eigenvalue weighted by atomic mass is 16.7. The van der Waals surface area contributed by atoms with Crippen LogP contribution in [-0.4, -0.2) is 133 Å². The molecular formula is C38H39N5O16. The van der Waals surface area contributed by atoms with E-state index in [1.165, 1.54) is 32.4 Å². The summed E-state index contributed by atoms with van der Waals surface area (Å²) >= 11 is 0. The van der Waals surface area contributed by atoms with Crippen molar-refractivity contribution in [2.24, 2.45) is 7.05 Å². The average Bonchev–Trinajstić information content (AvgIpc) is 3.60. The Morgan fingerprint density at radius 3 is 2.59 bits per heavy atom. The summed E-state index contributed by atoms with van der Waals surface area (Å²) in [7, 11) is 2.61. The van der Waals surface area contributed by atoms with Crippen molar-refractivity contribution in [3.8, 4) is 23.3 Å². The van der Waals surface area contributed by atoms with Gasteiger partial charge in [0.2, 0.25) is 11.6 Å². The van der Waals surface area contributed by atoms with Crippen LogP contribution in [0.5, 0.6) is 17.2 Å². The predicted octanol–water partition coefficient (Wildman–Crippen LogP) is 1.27. The lowest BCUT2D eigenvalue weighted by molar-refractivity contribution is -0.396. The molecule has 4 aliphatic rings. The summed E-state index contributed by atoms with van der Waals surface area (Å²) < 4.78 is 34.2. The maximum absolute atomic E-state index is 14.1. The summed E-state index contributed by atoms with van der Waals surface area (Å²) in [4.78, 5) is 70.1. The lowest BCUT2D eigenvalue weighted by atomic mass is 9.72. The van der Waals surface area contributed by atoms with E-state index in [0.29, 0.717) is 6.54 Å². The molecule has 0 radical (unpaired) electrons. The second-order valence-corrected chi connectivity index (χ2v) is 14.6. The first-order chi connectivity index (χ1) is 28.1. The number of ether oxygens (including phenoxy) is 6. The number of hydrogen-bond donors (Lipinski definition) is 4. The molecule has 21 heteroatoms. The first-order valence-electron chi connectivity index (χ1n) is 18.4. The molecule has 0 bridgehead atoms. The molecule has 3 unspecified atom stereocenters. The van der Waals surface area contributed by atoms with Crippen molar-refractivity contribution >= 4 is 29.5 Å². The first-order valence-corrected chi connectivity index (χ1v) is 18.4. The number of aromatic hydroxyl groups is 2. The van der Waals surface area contributed by atoms with Gasteiger partial charge in [0, 0.05) is 48.5 Å². The molecule has 7 rings (SSSR count). The predicted molar refractivity (Wildman–Crippen MR) is 193 cm³/mol. The van der Waals surface area contributed by atoms with E-state index in [4.69, 9.17) is 28.4 Å². The maximum Gasteiger partial charge on any atom is 0.509 e. The van der Waals surface area contributed by atoms with Crippen LogP contribution in [0.3, 0.4) is 0 Å². The number of nitrogens with zero attached hydrogens (tertiary/aromatic N) is 5. The van der Waals surface area contributed by atoms with E-state index in [1.807, 2.05) is 0 Å². The molecule has 0 saturated carbocycles. The Balaban J connectivity index is 1.21. The number of carbonyl (C=O) groups excluding carboxylic acids is 4. The molecule has 3 aromatic rings. The second-order valence-electron chi connectivity index (χ2n) is 14.6. The van der Waals surface area contributed by atoms with Crippen molar-refractivity contribution in [3.63, 3.8) is 0 Å². The van der Waals surface area contributed by atoms with Gasteiger partial charge >= 0.3 is 12.1 Å². The molecule has 0 spiro atoms. The summed E-state index contributed by atoms with van der Waals surface area (Å²) in [5.41, 5.74) is -4.38. The third kappa shape index (κ3) is 7.23. The van der Waals surface area contributed by atoms with Gasteiger partial charge in [-0.25, -0.2) is 9.36 Å². The van der Waals surface area contributed by atoms with Gasteiger partial charge in [-0.3, -0.25) is 19.3 Å². The Kier molecular flexibility index (Phi) is 11.1. The topological polar surface area (TPSA) is 293 Å².